The molecule has 3 aliphatic heterocycles. The van der Waals surface area contributed by atoms with Crippen LogP contribution in [0.1, 0.15) is 61.3 Å². The molecule has 0 unspecified atom stereocenters. The standard InChI is InChI=1S/C26H32N2O4/c1-16-19(4-5-21-18(3)31-14-22(16)21)8-12-27-20-6-9-26(10-7-20)11-13-28(25(26)30)23-15-32-24(29)17(23)2/h4-5,20,27H,3,6-15H2,1-2H3. The van der Waals surface area contributed by atoms with Gasteiger partial charge in [-0.15, -0.1) is 0 Å². The average Bonchev–Trinajstić information content (AvgIpc) is 3.43. The first kappa shape index (κ1) is 21.3. The molecule has 3 heterocycles. The Balaban J connectivity index is 1.14. The SMILES string of the molecule is C=C1OCc2c1ccc(CCNC1CCC3(CC1)CCN(C1=C(C)C(=O)OC1)C3=O)c2C. The number of carbonyl (C=O) groups is 2. The van der Waals surface area contributed by atoms with E-state index in [4.69, 9.17) is 9.47 Å². The summed E-state index contributed by atoms with van der Waals surface area (Å²) < 4.78 is 10.7. The number of nitrogens with one attached hydrogen (secondary N) is 1. The van der Waals surface area contributed by atoms with Crippen LogP contribution in [0.2, 0.25) is 0 Å². The number of benzene rings is 1. The Bertz CT molecular complexity index is 1020. The maximum Gasteiger partial charge on any atom is 0.336 e. The van der Waals surface area contributed by atoms with Crippen LogP contribution >= 0.6 is 0 Å². The largest absolute Gasteiger partial charge is 0.489 e. The van der Waals surface area contributed by atoms with Gasteiger partial charge in [-0.1, -0.05) is 18.7 Å². The predicted octanol–water partition coefficient (Wildman–Crippen LogP) is 3.62. The Morgan fingerprint density at radius 2 is 1.91 bits per heavy atom. The monoisotopic (exact) mass is 436 g/mol. The number of ether oxygens (including phenoxy) is 2. The third-order valence-corrected chi connectivity index (χ3v) is 8.09. The van der Waals surface area contributed by atoms with Gasteiger partial charge in [0.1, 0.15) is 19.0 Å². The van der Waals surface area contributed by atoms with Crippen molar-refractivity contribution < 1.29 is 19.1 Å². The number of hydrogen-bond acceptors (Lipinski definition) is 5. The molecular formula is C26H32N2O4. The first-order chi connectivity index (χ1) is 15.4. The van der Waals surface area contributed by atoms with Crippen molar-refractivity contribution >= 4 is 17.6 Å². The van der Waals surface area contributed by atoms with E-state index in [0.29, 0.717) is 24.8 Å². The molecule has 1 aliphatic carbocycles. The number of rotatable bonds is 5. The first-order valence-electron chi connectivity index (χ1n) is 11.8. The van der Waals surface area contributed by atoms with E-state index in [9.17, 15) is 9.59 Å². The predicted molar refractivity (Wildman–Crippen MR) is 121 cm³/mol. The smallest absolute Gasteiger partial charge is 0.336 e. The zero-order valence-corrected chi connectivity index (χ0v) is 19.1. The molecule has 4 aliphatic rings. The van der Waals surface area contributed by atoms with Gasteiger partial charge in [-0.2, -0.15) is 0 Å². The van der Waals surface area contributed by atoms with Crippen LogP contribution in [0.15, 0.2) is 30.0 Å². The van der Waals surface area contributed by atoms with Crippen molar-refractivity contribution in [3.8, 4) is 0 Å². The van der Waals surface area contributed by atoms with E-state index in [1.54, 1.807) is 6.92 Å². The van der Waals surface area contributed by atoms with E-state index in [1.807, 2.05) is 4.90 Å². The van der Waals surface area contributed by atoms with Crippen LogP contribution in [-0.4, -0.2) is 42.5 Å². The molecular weight excluding hydrogens is 404 g/mol. The topological polar surface area (TPSA) is 67.9 Å². The Hall–Kier alpha value is -2.60. The zero-order chi connectivity index (χ0) is 22.5. The molecule has 32 heavy (non-hydrogen) atoms. The zero-order valence-electron chi connectivity index (χ0n) is 19.1. The molecule has 1 saturated heterocycles. The number of hydrogen-bond donors (Lipinski definition) is 1. The van der Waals surface area contributed by atoms with Crippen LogP contribution in [0.5, 0.6) is 0 Å². The molecule has 2 fully saturated rings. The Kier molecular flexibility index (Phi) is 5.36. The highest BCUT2D eigenvalue weighted by atomic mass is 16.5. The van der Waals surface area contributed by atoms with Crippen molar-refractivity contribution in [2.75, 3.05) is 19.7 Å². The summed E-state index contributed by atoms with van der Waals surface area (Å²) >= 11 is 0. The molecule has 1 aromatic carbocycles. The fourth-order valence-corrected chi connectivity index (χ4v) is 5.84. The molecule has 6 heteroatoms. The number of esters is 1. The van der Waals surface area contributed by atoms with Crippen LogP contribution < -0.4 is 5.32 Å². The van der Waals surface area contributed by atoms with Gasteiger partial charge in [0.05, 0.1) is 16.7 Å². The van der Waals surface area contributed by atoms with Gasteiger partial charge >= 0.3 is 5.97 Å². The Labute approximate surface area is 189 Å². The number of fused-ring (bicyclic) bond motifs is 1. The quantitative estimate of drug-likeness (QED) is 0.714. The molecule has 6 nitrogen and oxygen atoms in total. The summed E-state index contributed by atoms with van der Waals surface area (Å²) in [7, 11) is 0. The average molecular weight is 437 g/mol. The lowest BCUT2D eigenvalue weighted by Crippen LogP contribution is -2.42. The summed E-state index contributed by atoms with van der Waals surface area (Å²) in [6.45, 7) is 10.4. The van der Waals surface area contributed by atoms with Crippen molar-refractivity contribution in [3.05, 3.63) is 52.2 Å². The summed E-state index contributed by atoms with van der Waals surface area (Å²) in [5, 5.41) is 3.73. The van der Waals surface area contributed by atoms with Crippen LogP contribution in [-0.2, 0) is 32.1 Å². The van der Waals surface area contributed by atoms with Gasteiger partial charge in [-0.05, 0) is 70.0 Å². The van der Waals surface area contributed by atoms with Gasteiger partial charge in [0.2, 0.25) is 5.91 Å². The highest BCUT2D eigenvalue weighted by Crippen LogP contribution is 2.46. The molecule has 5 rings (SSSR count). The minimum atomic E-state index is -0.294. The summed E-state index contributed by atoms with van der Waals surface area (Å²) in [5.41, 5.74) is 6.21. The van der Waals surface area contributed by atoms with Crippen molar-refractivity contribution in [3.63, 3.8) is 0 Å². The van der Waals surface area contributed by atoms with Gasteiger partial charge in [0, 0.05) is 23.7 Å². The van der Waals surface area contributed by atoms with Gasteiger partial charge in [0.15, 0.2) is 0 Å². The summed E-state index contributed by atoms with van der Waals surface area (Å²) in [6, 6.07) is 4.79. The number of nitrogens with zero attached hydrogens (tertiary/aromatic N) is 1. The van der Waals surface area contributed by atoms with E-state index in [1.165, 1.54) is 16.7 Å². The minimum absolute atomic E-state index is 0.196. The fraction of sp³-hybridized carbons (Fsp3) is 0.538. The number of cyclic esters (lactones) is 1. The maximum absolute atomic E-state index is 13.3. The lowest BCUT2D eigenvalue weighted by molar-refractivity contribution is -0.138. The molecule has 0 aromatic heterocycles. The normalized spacial score (nSPS) is 27.4. The number of carbonyl (C=O) groups excluding carboxylic acids is 2. The Morgan fingerprint density at radius 1 is 1.12 bits per heavy atom. The summed E-state index contributed by atoms with van der Waals surface area (Å²) in [5.74, 6) is 0.682. The third kappa shape index (κ3) is 3.45. The van der Waals surface area contributed by atoms with Crippen molar-refractivity contribution in [1.29, 1.82) is 0 Å². The second kappa shape index (κ2) is 8.07. The highest BCUT2D eigenvalue weighted by molar-refractivity contribution is 5.94. The molecule has 1 aromatic rings. The highest BCUT2D eigenvalue weighted by Gasteiger charge is 2.50. The molecule has 1 saturated carbocycles. The summed E-state index contributed by atoms with van der Waals surface area (Å²) in [4.78, 5) is 26.8. The maximum atomic E-state index is 13.3. The van der Waals surface area contributed by atoms with Crippen molar-refractivity contribution in [1.82, 2.24) is 10.2 Å². The van der Waals surface area contributed by atoms with Gasteiger partial charge in [-0.25, -0.2) is 4.79 Å². The third-order valence-electron chi connectivity index (χ3n) is 8.09. The van der Waals surface area contributed by atoms with Gasteiger partial charge < -0.3 is 19.7 Å². The molecule has 0 bridgehead atoms. The molecule has 1 amide bonds. The van der Waals surface area contributed by atoms with Gasteiger partial charge in [0.25, 0.3) is 0 Å². The van der Waals surface area contributed by atoms with Crippen molar-refractivity contribution in [2.24, 2.45) is 5.41 Å². The van der Waals surface area contributed by atoms with Crippen LogP contribution in [0.3, 0.4) is 0 Å². The Morgan fingerprint density at radius 3 is 2.62 bits per heavy atom. The molecule has 1 N–H and O–H groups in total. The van der Waals surface area contributed by atoms with Gasteiger partial charge in [-0.3, -0.25) is 4.79 Å². The molecule has 0 atom stereocenters. The first-order valence-corrected chi connectivity index (χ1v) is 11.8. The molecule has 170 valence electrons. The van der Waals surface area contributed by atoms with E-state index < -0.39 is 0 Å². The number of likely N-dealkylation sites (tertiary alicyclic amines) is 1. The van der Waals surface area contributed by atoms with Crippen LogP contribution in [0.4, 0.5) is 0 Å². The fourth-order valence-electron chi connectivity index (χ4n) is 5.84. The van der Waals surface area contributed by atoms with Crippen LogP contribution in [0.25, 0.3) is 5.76 Å². The van der Waals surface area contributed by atoms with E-state index in [-0.39, 0.29) is 23.9 Å². The second-order valence-electron chi connectivity index (χ2n) is 9.70. The molecule has 0 radical (unpaired) electrons. The van der Waals surface area contributed by atoms with E-state index >= 15 is 0 Å². The summed E-state index contributed by atoms with van der Waals surface area (Å²) in [6.07, 6.45) is 5.73. The van der Waals surface area contributed by atoms with E-state index in [2.05, 4.69) is 31.0 Å². The number of amides is 1. The van der Waals surface area contributed by atoms with Crippen LogP contribution in [0, 0.1) is 12.3 Å². The second-order valence-corrected chi connectivity index (χ2v) is 9.70. The molecule has 1 spiro atoms. The lowest BCUT2D eigenvalue weighted by atomic mass is 9.71. The van der Waals surface area contributed by atoms with Crippen molar-refractivity contribution in [2.45, 2.75) is 65.0 Å². The minimum Gasteiger partial charge on any atom is -0.489 e. The van der Waals surface area contributed by atoms with E-state index in [0.717, 1.165) is 62.1 Å². The lowest BCUT2D eigenvalue weighted by Gasteiger charge is -2.36.